The largest absolute Gasteiger partial charge is 0.507 e. The number of ether oxygens (including phenoxy) is 2. The Labute approximate surface area is 230 Å². The molecule has 1 atom stereocenters. The number of hydrogen-bond acceptors (Lipinski definition) is 5. The molecule has 6 nitrogen and oxygen atoms in total. The third-order valence-corrected chi connectivity index (χ3v) is 6.65. The number of benzene rings is 3. The van der Waals surface area contributed by atoms with Crippen molar-refractivity contribution >= 4 is 23.1 Å². The van der Waals surface area contributed by atoms with Gasteiger partial charge in [0.05, 0.1) is 24.8 Å². The quantitative estimate of drug-likeness (QED) is 0.193. The van der Waals surface area contributed by atoms with Crippen LogP contribution in [-0.2, 0) is 15.0 Å². The summed E-state index contributed by atoms with van der Waals surface area (Å²) in [5, 5.41) is 11.5. The van der Waals surface area contributed by atoms with Crippen LogP contribution in [0.15, 0.2) is 78.4 Å². The number of nitrogens with zero attached hydrogens (tertiary/aromatic N) is 1. The van der Waals surface area contributed by atoms with Crippen LogP contribution in [0.5, 0.6) is 11.5 Å². The maximum absolute atomic E-state index is 13.5. The molecule has 0 spiro atoms. The second-order valence-corrected chi connectivity index (χ2v) is 11.2. The van der Waals surface area contributed by atoms with Gasteiger partial charge in [0.2, 0.25) is 0 Å². The van der Waals surface area contributed by atoms with Gasteiger partial charge in [-0.2, -0.15) is 0 Å². The van der Waals surface area contributed by atoms with Crippen molar-refractivity contribution in [3.8, 4) is 11.5 Å². The minimum atomic E-state index is -0.812. The normalized spacial score (nSPS) is 17.1. The van der Waals surface area contributed by atoms with E-state index < -0.39 is 17.7 Å². The predicted octanol–water partition coefficient (Wildman–Crippen LogP) is 7.04. The van der Waals surface area contributed by atoms with Crippen LogP contribution in [0.2, 0.25) is 0 Å². The van der Waals surface area contributed by atoms with E-state index in [1.54, 1.807) is 48.5 Å². The molecule has 3 aromatic carbocycles. The van der Waals surface area contributed by atoms with E-state index in [1.165, 1.54) is 4.90 Å². The minimum absolute atomic E-state index is 0.0428. The summed E-state index contributed by atoms with van der Waals surface area (Å²) < 4.78 is 11.4. The summed E-state index contributed by atoms with van der Waals surface area (Å²) in [6.07, 6.45) is 0. The van der Waals surface area contributed by atoms with Crippen molar-refractivity contribution in [3.05, 3.63) is 95.1 Å². The predicted molar refractivity (Wildman–Crippen MR) is 154 cm³/mol. The zero-order valence-corrected chi connectivity index (χ0v) is 23.5. The first-order chi connectivity index (χ1) is 18.5. The van der Waals surface area contributed by atoms with Gasteiger partial charge in [-0.3, -0.25) is 14.5 Å². The summed E-state index contributed by atoms with van der Waals surface area (Å²) in [5.74, 6) is -0.0260. The van der Waals surface area contributed by atoms with E-state index in [0.29, 0.717) is 41.9 Å². The monoisotopic (exact) mass is 527 g/mol. The van der Waals surface area contributed by atoms with Gasteiger partial charge in [0.15, 0.2) is 0 Å². The van der Waals surface area contributed by atoms with Crippen molar-refractivity contribution in [2.45, 2.75) is 53.0 Å². The van der Waals surface area contributed by atoms with Gasteiger partial charge in [0.25, 0.3) is 11.7 Å². The van der Waals surface area contributed by atoms with Gasteiger partial charge in [0.1, 0.15) is 17.3 Å². The van der Waals surface area contributed by atoms with E-state index in [-0.39, 0.29) is 16.7 Å². The lowest BCUT2D eigenvalue weighted by atomic mass is 9.85. The van der Waals surface area contributed by atoms with Gasteiger partial charge in [0, 0.05) is 17.3 Å². The lowest BCUT2D eigenvalue weighted by molar-refractivity contribution is -0.132. The molecule has 0 radical (unpaired) electrons. The average molecular weight is 528 g/mol. The highest BCUT2D eigenvalue weighted by molar-refractivity contribution is 6.51. The Morgan fingerprint density at radius 3 is 2.18 bits per heavy atom. The van der Waals surface area contributed by atoms with E-state index >= 15 is 0 Å². The molecule has 0 aromatic heterocycles. The number of carbonyl (C=O) groups excluding carboxylic acids is 2. The van der Waals surface area contributed by atoms with Crippen LogP contribution in [0.3, 0.4) is 0 Å². The Bertz CT molecular complexity index is 1360. The molecule has 1 unspecified atom stereocenters. The second-order valence-electron chi connectivity index (χ2n) is 11.2. The molecule has 204 valence electrons. The van der Waals surface area contributed by atoms with Crippen LogP contribution < -0.4 is 14.4 Å². The number of amides is 1. The molecule has 1 aliphatic heterocycles. The summed E-state index contributed by atoms with van der Waals surface area (Å²) >= 11 is 0. The Morgan fingerprint density at radius 2 is 1.59 bits per heavy atom. The fourth-order valence-corrected chi connectivity index (χ4v) is 4.60. The highest BCUT2D eigenvalue weighted by Gasteiger charge is 2.47. The summed E-state index contributed by atoms with van der Waals surface area (Å²) in [5.41, 5.74) is 2.78. The molecule has 39 heavy (non-hydrogen) atoms. The summed E-state index contributed by atoms with van der Waals surface area (Å²) in [7, 11) is 0. The maximum Gasteiger partial charge on any atom is 0.300 e. The van der Waals surface area contributed by atoms with Crippen LogP contribution in [0, 0.1) is 5.92 Å². The van der Waals surface area contributed by atoms with Gasteiger partial charge in [-0.1, -0.05) is 65.0 Å². The van der Waals surface area contributed by atoms with Crippen molar-refractivity contribution in [1.82, 2.24) is 0 Å². The van der Waals surface area contributed by atoms with Crippen molar-refractivity contribution in [2.24, 2.45) is 5.92 Å². The zero-order valence-electron chi connectivity index (χ0n) is 23.5. The Hall–Kier alpha value is -4.06. The van der Waals surface area contributed by atoms with Gasteiger partial charge in [-0.15, -0.1) is 0 Å². The summed E-state index contributed by atoms with van der Waals surface area (Å²) in [6, 6.07) is 21.1. The maximum atomic E-state index is 13.5. The third kappa shape index (κ3) is 6.00. The van der Waals surface area contributed by atoms with Gasteiger partial charge in [-0.25, -0.2) is 0 Å². The van der Waals surface area contributed by atoms with Crippen molar-refractivity contribution in [3.63, 3.8) is 0 Å². The van der Waals surface area contributed by atoms with E-state index in [0.717, 1.165) is 11.1 Å². The molecule has 6 heteroatoms. The molecule has 0 saturated carbocycles. The lowest BCUT2D eigenvalue weighted by Gasteiger charge is -2.27. The molecule has 3 aromatic rings. The van der Waals surface area contributed by atoms with Crippen LogP contribution in [0.4, 0.5) is 5.69 Å². The van der Waals surface area contributed by atoms with E-state index in [2.05, 4.69) is 34.6 Å². The lowest BCUT2D eigenvalue weighted by Crippen LogP contribution is -2.29. The van der Waals surface area contributed by atoms with Gasteiger partial charge >= 0.3 is 0 Å². The molecule has 1 saturated heterocycles. The molecule has 0 bridgehead atoms. The molecule has 1 amide bonds. The number of Topliss-reactive ketones (excluding diaryl/α,β-unsaturated/α-hetero) is 1. The SMILES string of the molecule is CCOc1cccc(N2C(=O)C(=O)/C(=C(/O)c3ccc(OCC(C)C)cc3)C2c2ccc(C(C)(C)C)cc2)c1. The standard InChI is InChI=1S/C33H37NO5/c1-7-38-27-10-8-9-25(19-27)34-29(22-11-15-24(16-12-22)33(4,5)6)28(31(36)32(34)37)30(35)23-13-17-26(18-14-23)39-20-21(2)3/h8-19,21,29,35H,7,20H2,1-6H3/b30-28+. The fraction of sp³-hybridized carbons (Fsp3) is 0.333. The minimum Gasteiger partial charge on any atom is -0.507 e. The van der Waals surface area contributed by atoms with Crippen LogP contribution in [-0.4, -0.2) is 30.0 Å². The van der Waals surface area contributed by atoms with Crippen LogP contribution >= 0.6 is 0 Å². The van der Waals surface area contributed by atoms with Crippen LogP contribution in [0.25, 0.3) is 5.76 Å². The molecule has 0 aliphatic carbocycles. The first-order valence-corrected chi connectivity index (χ1v) is 13.4. The fourth-order valence-electron chi connectivity index (χ4n) is 4.60. The number of anilines is 1. The molecule has 1 aliphatic rings. The summed E-state index contributed by atoms with van der Waals surface area (Å²) in [6.45, 7) is 13.4. The highest BCUT2D eigenvalue weighted by Crippen LogP contribution is 2.43. The third-order valence-electron chi connectivity index (χ3n) is 6.65. The number of carbonyl (C=O) groups is 2. The second kappa shape index (κ2) is 11.4. The number of aliphatic hydroxyl groups excluding tert-OH is 1. The highest BCUT2D eigenvalue weighted by atomic mass is 16.5. The van der Waals surface area contributed by atoms with E-state index in [9.17, 15) is 14.7 Å². The number of rotatable bonds is 8. The van der Waals surface area contributed by atoms with E-state index in [1.807, 2.05) is 31.2 Å². The number of hydrogen-bond donors (Lipinski definition) is 1. The van der Waals surface area contributed by atoms with E-state index in [4.69, 9.17) is 9.47 Å². The average Bonchev–Trinajstić information content (AvgIpc) is 3.17. The molecular weight excluding hydrogens is 490 g/mol. The van der Waals surface area contributed by atoms with Gasteiger partial charge in [-0.05, 0) is 65.8 Å². The molecular formula is C33H37NO5. The van der Waals surface area contributed by atoms with Crippen LogP contribution in [0.1, 0.15) is 64.3 Å². The van der Waals surface area contributed by atoms with Gasteiger partial charge < -0.3 is 14.6 Å². The molecule has 1 heterocycles. The topological polar surface area (TPSA) is 76.1 Å². The number of ketones is 1. The first-order valence-electron chi connectivity index (χ1n) is 13.4. The molecule has 4 rings (SSSR count). The van der Waals surface area contributed by atoms with Crippen molar-refractivity contribution in [1.29, 1.82) is 0 Å². The Balaban J connectivity index is 1.83. The smallest absolute Gasteiger partial charge is 0.300 e. The molecule has 1 fully saturated rings. The van der Waals surface area contributed by atoms with Crippen molar-refractivity contribution in [2.75, 3.05) is 18.1 Å². The summed E-state index contributed by atoms with van der Waals surface area (Å²) in [4.78, 5) is 28.5. The Kier molecular flexibility index (Phi) is 8.14. The Morgan fingerprint density at radius 1 is 0.923 bits per heavy atom. The molecule has 1 N–H and O–H groups in total. The zero-order chi connectivity index (χ0) is 28.3. The number of aliphatic hydroxyl groups is 1. The first kappa shape index (κ1) is 28.0. The van der Waals surface area contributed by atoms with Crippen molar-refractivity contribution < 1.29 is 24.2 Å².